The summed E-state index contributed by atoms with van der Waals surface area (Å²) in [5.74, 6) is -0.246. The first kappa shape index (κ1) is 41.2. The van der Waals surface area contributed by atoms with Gasteiger partial charge in [-0.3, -0.25) is 14.4 Å². The van der Waals surface area contributed by atoms with Gasteiger partial charge < -0.3 is 44.3 Å². The maximum absolute atomic E-state index is 13.2. The van der Waals surface area contributed by atoms with Crippen LogP contribution in [0.4, 0.5) is 0 Å². The summed E-state index contributed by atoms with van der Waals surface area (Å²) in [7, 11) is 2.69. The molecule has 50 heavy (non-hydrogen) atoms. The van der Waals surface area contributed by atoms with Gasteiger partial charge in [0.15, 0.2) is 6.29 Å². The molecule has 0 aliphatic carbocycles. The van der Waals surface area contributed by atoms with Crippen molar-refractivity contribution in [3.63, 3.8) is 0 Å². The van der Waals surface area contributed by atoms with E-state index in [1.807, 2.05) is 45.0 Å². The quantitative estimate of drug-likeness (QED) is 0.117. The Balaban J connectivity index is 1.47. The molecule has 1 heterocycles. The number of ketones is 1. The molecule has 0 unspecified atom stereocenters. The normalized spacial score (nSPS) is 20.6. The lowest BCUT2D eigenvalue weighted by Crippen LogP contribution is -2.64. The van der Waals surface area contributed by atoms with Crippen molar-refractivity contribution in [1.82, 2.24) is 5.32 Å². The zero-order valence-corrected chi connectivity index (χ0v) is 30.4. The number of hydrogen-bond donors (Lipinski definition) is 4. The van der Waals surface area contributed by atoms with Gasteiger partial charge in [-0.25, -0.2) is 0 Å². The molecular weight excluding hydrogens is 670 g/mol. The minimum absolute atomic E-state index is 0.0457. The van der Waals surface area contributed by atoms with E-state index < -0.39 is 48.8 Å². The summed E-state index contributed by atoms with van der Waals surface area (Å²) in [5, 5.41) is 33.0. The second-order valence-corrected chi connectivity index (χ2v) is 13.9. The summed E-state index contributed by atoms with van der Waals surface area (Å²) in [4.78, 5) is 37.7. The SMILES string of the molecule is COc1cc(OCc2cccc(CC(=O)CCCCCCCCC(=O)OC(C)(C)C)c2)c(Cl)cc1C(=O)N[C@H]1[C@@H](OC)O[C@H](CO)[C@@H](O)[C@@H]1O. The van der Waals surface area contributed by atoms with Crippen molar-refractivity contribution < 1.29 is 53.4 Å². The number of benzene rings is 2. The first-order valence-corrected chi connectivity index (χ1v) is 17.4. The summed E-state index contributed by atoms with van der Waals surface area (Å²) in [6.45, 7) is 5.20. The molecule has 13 heteroatoms. The van der Waals surface area contributed by atoms with Gasteiger partial charge in [0, 0.05) is 32.4 Å². The Hall–Kier alpha value is -3.26. The number of esters is 1. The molecule has 2 aromatic rings. The highest BCUT2D eigenvalue weighted by molar-refractivity contribution is 6.32. The molecule has 0 saturated carbocycles. The topological polar surface area (TPSA) is 170 Å². The summed E-state index contributed by atoms with van der Waals surface area (Å²) in [6, 6.07) is 9.25. The van der Waals surface area contributed by atoms with E-state index in [1.165, 1.54) is 26.4 Å². The summed E-state index contributed by atoms with van der Waals surface area (Å²) in [6.07, 6.45) is 1.74. The molecule has 0 radical (unpaired) electrons. The minimum atomic E-state index is -1.48. The maximum atomic E-state index is 13.2. The van der Waals surface area contributed by atoms with Crippen LogP contribution in [0, 0.1) is 0 Å². The number of rotatable bonds is 19. The van der Waals surface area contributed by atoms with E-state index in [0.29, 0.717) is 19.3 Å². The molecule has 2 aromatic carbocycles. The fourth-order valence-corrected chi connectivity index (χ4v) is 5.87. The third-order valence-corrected chi connectivity index (χ3v) is 8.50. The Kier molecular flexibility index (Phi) is 16.4. The van der Waals surface area contributed by atoms with Crippen molar-refractivity contribution in [1.29, 1.82) is 0 Å². The monoisotopic (exact) mass is 721 g/mol. The van der Waals surface area contributed by atoms with Gasteiger partial charge in [-0.2, -0.15) is 0 Å². The molecule has 1 aliphatic rings. The second-order valence-electron chi connectivity index (χ2n) is 13.5. The first-order chi connectivity index (χ1) is 23.8. The third-order valence-electron chi connectivity index (χ3n) is 8.20. The van der Waals surface area contributed by atoms with Crippen molar-refractivity contribution in [2.24, 2.45) is 0 Å². The van der Waals surface area contributed by atoms with E-state index in [9.17, 15) is 29.7 Å². The van der Waals surface area contributed by atoms with Crippen molar-refractivity contribution in [3.8, 4) is 11.5 Å². The number of Topliss-reactive ketones (excluding diaryl/α,β-unsaturated/α-hetero) is 1. The highest BCUT2D eigenvalue weighted by atomic mass is 35.5. The van der Waals surface area contributed by atoms with Crippen LogP contribution in [0.25, 0.3) is 0 Å². The van der Waals surface area contributed by atoms with Gasteiger partial charge in [-0.1, -0.05) is 61.5 Å². The Morgan fingerprint density at radius 1 is 0.900 bits per heavy atom. The van der Waals surface area contributed by atoms with Gasteiger partial charge in [0.1, 0.15) is 53.8 Å². The zero-order valence-electron chi connectivity index (χ0n) is 29.6. The molecule has 12 nitrogen and oxygen atoms in total. The van der Waals surface area contributed by atoms with E-state index in [-0.39, 0.29) is 40.4 Å². The van der Waals surface area contributed by atoms with Crippen LogP contribution in [0.2, 0.25) is 5.02 Å². The lowest BCUT2D eigenvalue weighted by Gasteiger charge is -2.41. The number of carbonyl (C=O) groups is 3. The smallest absolute Gasteiger partial charge is 0.306 e. The number of hydrogen-bond acceptors (Lipinski definition) is 11. The predicted octanol–water partition coefficient (Wildman–Crippen LogP) is 4.69. The van der Waals surface area contributed by atoms with E-state index in [1.54, 1.807) is 0 Å². The van der Waals surface area contributed by atoms with E-state index >= 15 is 0 Å². The van der Waals surface area contributed by atoms with E-state index in [0.717, 1.165) is 49.7 Å². The van der Waals surface area contributed by atoms with Crippen molar-refractivity contribution >= 4 is 29.3 Å². The highest BCUT2D eigenvalue weighted by Crippen LogP contribution is 2.34. The van der Waals surface area contributed by atoms with Gasteiger partial charge in [-0.05, 0) is 50.8 Å². The zero-order chi connectivity index (χ0) is 36.8. The number of unbranched alkanes of at least 4 members (excludes halogenated alkanes) is 5. The molecule has 4 N–H and O–H groups in total. The molecule has 1 saturated heterocycles. The van der Waals surface area contributed by atoms with E-state index in [4.69, 9.17) is 35.3 Å². The van der Waals surface area contributed by atoms with Crippen molar-refractivity contribution in [2.75, 3.05) is 20.8 Å². The average molecular weight is 722 g/mol. The van der Waals surface area contributed by atoms with Crippen LogP contribution in [0.3, 0.4) is 0 Å². The van der Waals surface area contributed by atoms with Crippen molar-refractivity contribution in [3.05, 3.63) is 58.1 Å². The summed E-state index contributed by atoms with van der Waals surface area (Å²) >= 11 is 6.50. The van der Waals surface area contributed by atoms with Gasteiger partial charge in [0.05, 0.1) is 24.3 Å². The fraction of sp³-hybridized carbons (Fsp3) is 0.595. The molecule has 1 fully saturated rings. The Morgan fingerprint density at radius 3 is 2.20 bits per heavy atom. The van der Waals surface area contributed by atoms with Crippen LogP contribution in [-0.4, -0.2) is 90.1 Å². The lowest BCUT2D eigenvalue weighted by atomic mass is 9.96. The molecule has 0 bridgehead atoms. The third kappa shape index (κ3) is 12.8. The molecule has 3 rings (SSSR count). The fourth-order valence-electron chi connectivity index (χ4n) is 5.66. The summed E-state index contributed by atoms with van der Waals surface area (Å²) in [5.41, 5.74) is 1.31. The molecule has 0 aromatic heterocycles. The Labute approximate surface area is 299 Å². The highest BCUT2D eigenvalue weighted by Gasteiger charge is 2.45. The minimum Gasteiger partial charge on any atom is -0.496 e. The molecule has 1 amide bonds. The number of nitrogens with one attached hydrogen (secondary N) is 1. The molecule has 278 valence electrons. The maximum Gasteiger partial charge on any atom is 0.306 e. The molecule has 1 aliphatic heterocycles. The number of carbonyl (C=O) groups excluding carboxylic acids is 3. The van der Waals surface area contributed by atoms with Gasteiger partial charge in [0.25, 0.3) is 5.91 Å². The number of aliphatic hydroxyl groups is 3. The van der Waals surface area contributed by atoms with Gasteiger partial charge in [-0.15, -0.1) is 0 Å². The molecule has 5 atom stereocenters. The largest absolute Gasteiger partial charge is 0.496 e. The average Bonchev–Trinajstić information content (AvgIpc) is 3.06. The lowest BCUT2D eigenvalue weighted by molar-refractivity contribution is -0.261. The molecular formula is C37H52ClNO11. The van der Waals surface area contributed by atoms with Crippen LogP contribution >= 0.6 is 11.6 Å². The predicted molar refractivity (Wildman–Crippen MR) is 186 cm³/mol. The number of amides is 1. The Bertz CT molecular complexity index is 1410. The van der Waals surface area contributed by atoms with Crippen LogP contribution in [0.1, 0.15) is 93.6 Å². The number of halogens is 1. The van der Waals surface area contributed by atoms with Crippen molar-refractivity contribution in [2.45, 2.75) is 121 Å². The van der Waals surface area contributed by atoms with Gasteiger partial charge >= 0.3 is 5.97 Å². The van der Waals surface area contributed by atoms with Crippen LogP contribution in [-0.2, 0) is 36.8 Å². The van der Waals surface area contributed by atoms with E-state index in [2.05, 4.69) is 5.32 Å². The van der Waals surface area contributed by atoms with Crippen LogP contribution in [0.5, 0.6) is 11.5 Å². The number of methoxy groups -OCH3 is 2. The second kappa shape index (κ2) is 20.0. The number of aliphatic hydroxyl groups excluding tert-OH is 3. The Morgan fingerprint density at radius 2 is 1.56 bits per heavy atom. The molecule has 0 spiro atoms. The first-order valence-electron chi connectivity index (χ1n) is 17.0. The van der Waals surface area contributed by atoms with Gasteiger partial charge in [0.2, 0.25) is 0 Å². The van der Waals surface area contributed by atoms with Crippen LogP contribution < -0.4 is 14.8 Å². The van der Waals surface area contributed by atoms with Crippen LogP contribution in [0.15, 0.2) is 36.4 Å². The summed E-state index contributed by atoms with van der Waals surface area (Å²) < 4.78 is 27.4. The number of ether oxygens (including phenoxy) is 5. The standard InChI is InChI=1S/C37H52ClNO11/c1-37(2,3)50-31(42)16-11-9-7-6-8-10-15-25(41)18-23-13-12-14-24(17-23)22-48-29-20-28(46-4)26(19-27(29)38)35(45)39-32-34(44)33(43)30(21-40)49-36(32)47-5/h12-14,17,19-20,30,32-34,36,40,43-44H,6-11,15-16,18,21-22H2,1-5H3,(H,39,45)/t30-,32-,33-,34-,36+/m1/s1.